The van der Waals surface area contributed by atoms with Crippen molar-refractivity contribution in [2.45, 2.75) is 57.2 Å². The third-order valence-corrected chi connectivity index (χ3v) is 5.60. The Balaban J connectivity index is 1.81. The van der Waals surface area contributed by atoms with Gasteiger partial charge in [0.1, 0.15) is 6.04 Å². The summed E-state index contributed by atoms with van der Waals surface area (Å²) in [5.41, 5.74) is 1.20. The van der Waals surface area contributed by atoms with Crippen molar-refractivity contribution >= 4 is 21.9 Å². The molecule has 0 amide bonds. The fraction of sp³-hybridized carbons (Fsp3) is 0.588. The summed E-state index contributed by atoms with van der Waals surface area (Å²) in [6.07, 6.45) is 6.86. The third kappa shape index (κ3) is 3.32. The zero-order valence-electron chi connectivity index (χ0n) is 12.2. The Bertz CT molecular complexity index is 502. The predicted molar refractivity (Wildman–Crippen MR) is 86.1 cm³/mol. The van der Waals surface area contributed by atoms with Gasteiger partial charge in [-0.1, -0.05) is 40.9 Å². The monoisotopic (exact) mass is 351 g/mol. The highest BCUT2D eigenvalue weighted by Crippen LogP contribution is 2.38. The average molecular weight is 352 g/mol. The van der Waals surface area contributed by atoms with Crippen molar-refractivity contribution < 1.29 is 9.90 Å². The number of rotatable bonds is 3. The van der Waals surface area contributed by atoms with Gasteiger partial charge in [-0.05, 0) is 49.3 Å². The van der Waals surface area contributed by atoms with Crippen molar-refractivity contribution in [3.63, 3.8) is 0 Å². The normalized spacial score (nSPS) is 29.9. The van der Waals surface area contributed by atoms with E-state index in [1.165, 1.54) is 24.8 Å². The molecule has 0 bridgehead atoms. The molecule has 2 fully saturated rings. The molecular weight excluding hydrogens is 330 g/mol. The number of aliphatic carboxylic acids is 1. The molecule has 1 N–H and O–H groups in total. The lowest BCUT2D eigenvalue weighted by molar-refractivity contribution is -0.148. The molecule has 0 spiro atoms. The number of hydrogen-bond donors (Lipinski definition) is 1. The maximum absolute atomic E-state index is 11.6. The van der Waals surface area contributed by atoms with Crippen molar-refractivity contribution in [2.75, 3.05) is 0 Å². The molecule has 1 aliphatic carbocycles. The van der Waals surface area contributed by atoms with Gasteiger partial charge in [0.05, 0.1) is 0 Å². The molecule has 3 rings (SSSR count). The molecule has 1 saturated carbocycles. The van der Waals surface area contributed by atoms with Crippen molar-refractivity contribution in [1.29, 1.82) is 0 Å². The molecule has 1 heterocycles. The van der Waals surface area contributed by atoms with Crippen LogP contribution >= 0.6 is 15.9 Å². The smallest absolute Gasteiger partial charge is 0.320 e. The molecule has 3 nitrogen and oxygen atoms in total. The molecule has 3 atom stereocenters. The summed E-state index contributed by atoms with van der Waals surface area (Å²) in [7, 11) is 0. The lowest BCUT2D eigenvalue weighted by atomic mass is 9.76. The van der Waals surface area contributed by atoms with E-state index in [1.807, 2.05) is 12.1 Å². The van der Waals surface area contributed by atoms with Gasteiger partial charge in [-0.25, -0.2) is 0 Å². The molecule has 1 aromatic carbocycles. The minimum atomic E-state index is -0.656. The Morgan fingerprint density at radius 2 is 1.86 bits per heavy atom. The first-order valence-corrected chi connectivity index (χ1v) is 8.67. The Hall–Kier alpha value is -0.870. The van der Waals surface area contributed by atoms with Gasteiger partial charge in [0.15, 0.2) is 0 Å². The van der Waals surface area contributed by atoms with E-state index in [9.17, 15) is 9.90 Å². The number of fused-ring (bicyclic) bond motifs is 1. The van der Waals surface area contributed by atoms with Crippen LogP contribution in [-0.4, -0.2) is 28.1 Å². The highest BCUT2D eigenvalue weighted by atomic mass is 79.9. The maximum atomic E-state index is 11.6. The fourth-order valence-corrected chi connectivity index (χ4v) is 4.29. The van der Waals surface area contributed by atoms with Gasteiger partial charge >= 0.3 is 5.97 Å². The number of hydrogen-bond acceptors (Lipinski definition) is 2. The molecule has 3 unspecified atom stereocenters. The van der Waals surface area contributed by atoms with E-state index in [0.29, 0.717) is 12.0 Å². The highest BCUT2D eigenvalue weighted by Gasteiger charge is 2.41. The average Bonchev–Trinajstić information content (AvgIpc) is 2.49. The zero-order valence-corrected chi connectivity index (χ0v) is 13.8. The van der Waals surface area contributed by atoms with E-state index >= 15 is 0 Å². The van der Waals surface area contributed by atoms with Gasteiger partial charge in [0.25, 0.3) is 0 Å². The van der Waals surface area contributed by atoms with Gasteiger partial charge < -0.3 is 5.11 Å². The zero-order chi connectivity index (χ0) is 14.8. The number of carbonyl (C=O) groups is 1. The Kier molecular flexibility index (Phi) is 4.65. The summed E-state index contributed by atoms with van der Waals surface area (Å²) in [6.45, 7) is 0.755. The molecule has 1 aliphatic heterocycles. The van der Waals surface area contributed by atoms with Crippen LogP contribution in [0, 0.1) is 5.92 Å². The van der Waals surface area contributed by atoms with E-state index in [1.54, 1.807) is 0 Å². The van der Waals surface area contributed by atoms with Crippen LogP contribution in [0.3, 0.4) is 0 Å². The standard InChI is InChI=1S/C17H22BrNO2/c18-14-8-5-12(6-9-14)11-19-15-4-2-1-3-13(15)7-10-16(19)17(20)21/h5-6,8-9,13,15-16H,1-4,7,10-11H2,(H,20,21). The maximum Gasteiger partial charge on any atom is 0.320 e. The van der Waals surface area contributed by atoms with E-state index in [-0.39, 0.29) is 6.04 Å². The van der Waals surface area contributed by atoms with Crippen LogP contribution < -0.4 is 0 Å². The minimum Gasteiger partial charge on any atom is -0.480 e. The summed E-state index contributed by atoms with van der Waals surface area (Å²) in [4.78, 5) is 13.9. The SMILES string of the molecule is O=C(O)C1CCC2CCCCC2N1Cc1ccc(Br)cc1. The summed E-state index contributed by atoms with van der Waals surface area (Å²) >= 11 is 3.45. The lowest BCUT2D eigenvalue weighted by Gasteiger charge is -2.47. The van der Waals surface area contributed by atoms with Crippen molar-refractivity contribution in [2.24, 2.45) is 5.92 Å². The highest BCUT2D eigenvalue weighted by molar-refractivity contribution is 9.10. The van der Waals surface area contributed by atoms with Gasteiger partial charge in [0.2, 0.25) is 0 Å². The van der Waals surface area contributed by atoms with Crippen LogP contribution in [0.1, 0.15) is 44.1 Å². The first kappa shape index (κ1) is 15.0. The van der Waals surface area contributed by atoms with Crippen LogP contribution in [0.15, 0.2) is 28.7 Å². The third-order valence-electron chi connectivity index (χ3n) is 5.07. The number of carboxylic acids is 1. The van der Waals surface area contributed by atoms with E-state index in [4.69, 9.17) is 0 Å². The van der Waals surface area contributed by atoms with Gasteiger partial charge in [-0.3, -0.25) is 9.69 Å². The second-order valence-corrected chi connectivity index (χ2v) is 7.26. The Morgan fingerprint density at radius 1 is 1.14 bits per heavy atom. The van der Waals surface area contributed by atoms with Crippen LogP contribution in [0.25, 0.3) is 0 Å². The predicted octanol–water partition coefficient (Wildman–Crippen LogP) is 4.06. The van der Waals surface area contributed by atoms with Crippen molar-refractivity contribution in [3.8, 4) is 0 Å². The molecular formula is C17H22BrNO2. The molecule has 114 valence electrons. The number of nitrogens with zero attached hydrogens (tertiary/aromatic N) is 1. The van der Waals surface area contributed by atoms with Gasteiger partial charge in [-0.15, -0.1) is 0 Å². The van der Waals surface area contributed by atoms with Crippen LogP contribution in [0.5, 0.6) is 0 Å². The number of halogens is 1. The summed E-state index contributed by atoms with van der Waals surface area (Å²) < 4.78 is 1.07. The van der Waals surface area contributed by atoms with E-state index < -0.39 is 5.97 Å². The summed E-state index contributed by atoms with van der Waals surface area (Å²) in [5, 5.41) is 9.57. The van der Waals surface area contributed by atoms with Crippen molar-refractivity contribution in [3.05, 3.63) is 34.3 Å². The summed E-state index contributed by atoms with van der Waals surface area (Å²) in [5.74, 6) is 0.0425. The molecule has 0 radical (unpaired) electrons. The Morgan fingerprint density at radius 3 is 2.57 bits per heavy atom. The van der Waals surface area contributed by atoms with Gasteiger partial charge in [0, 0.05) is 17.1 Å². The lowest BCUT2D eigenvalue weighted by Crippen LogP contribution is -2.54. The molecule has 2 aliphatic rings. The molecule has 1 aromatic rings. The quantitative estimate of drug-likeness (QED) is 0.892. The number of benzene rings is 1. The van der Waals surface area contributed by atoms with Crippen molar-refractivity contribution in [1.82, 2.24) is 4.90 Å². The first-order valence-electron chi connectivity index (χ1n) is 7.88. The van der Waals surface area contributed by atoms with E-state index in [0.717, 1.165) is 30.3 Å². The minimum absolute atomic E-state index is 0.312. The van der Waals surface area contributed by atoms with Gasteiger partial charge in [-0.2, -0.15) is 0 Å². The second-order valence-electron chi connectivity index (χ2n) is 6.34. The topological polar surface area (TPSA) is 40.5 Å². The largest absolute Gasteiger partial charge is 0.480 e. The molecule has 21 heavy (non-hydrogen) atoms. The number of carboxylic acid groups (broad SMARTS) is 1. The second kappa shape index (κ2) is 6.49. The Labute approximate surface area is 134 Å². The molecule has 4 heteroatoms. The molecule has 1 saturated heterocycles. The fourth-order valence-electron chi connectivity index (χ4n) is 4.02. The van der Waals surface area contributed by atoms with Crippen LogP contribution in [0.2, 0.25) is 0 Å². The van der Waals surface area contributed by atoms with Crippen LogP contribution in [0.4, 0.5) is 0 Å². The molecule has 0 aromatic heterocycles. The summed E-state index contributed by atoms with van der Waals surface area (Å²) in [6, 6.07) is 8.40. The number of piperidine rings is 1. The van der Waals surface area contributed by atoms with E-state index in [2.05, 4.69) is 33.0 Å². The van der Waals surface area contributed by atoms with Crippen LogP contribution in [-0.2, 0) is 11.3 Å². The number of likely N-dealkylation sites (tertiary alicyclic amines) is 1. The first-order chi connectivity index (χ1) is 10.1.